The molecule has 2 aromatic carbocycles. The summed E-state index contributed by atoms with van der Waals surface area (Å²) in [4.78, 5) is 10.0. The first kappa shape index (κ1) is 18.5. The van der Waals surface area contributed by atoms with Gasteiger partial charge in [-0.1, -0.05) is 12.1 Å². The summed E-state index contributed by atoms with van der Waals surface area (Å²) in [7, 11) is 2.21. The lowest BCUT2D eigenvalue weighted by Gasteiger charge is -2.36. The molecule has 0 aliphatic carbocycles. The summed E-state index contributed by atoms with van der Waals surface area (Å²) < 4.78 is 2.39. The predicted molar refractivity (Wildman–Crippen MR) is 124 cm³/mol. The van der Waals surface area contributed by atoms with Crippen LogP contribution in [-0.2, 0) is 7.05 Å². The molecule has 0 spiro atoms. The monoisotopic (exact) mass is 388 g/mol. The number of rotatable bonds is 1. The largest absolute Gasteiger partial charge is 0.343 e. The number of aliphatic imine (C=N–C) groups is 1. The second-order valence-corrected chi connectivity index (χ2v) is 9.53. The van der Waals surface area contributed by atoms with Crippen LogP contribution in [0.2, 0.25) is 0 Å². The lowest BCUT2D eigenvalue weighted by atomic mass is 9.99. The number of aromatic nitrogens is 1. The highest BCUT2D eigenvalue weighted by molar-refractivity contribution is 6.14. The van der Waals surface area contributed by atoms with Crippen molar-refractivity contribution in [2.75, 3.05) is 24.5 Å². The molecule has 152 valence electrons. The van der Waals surface area contributed by atoms with Crippen LogP contribution in [0.15, 0.2) is 29.3 Å². The van der Waals surface area contributed by atoms with E-state index in [-0.39, 0.29) is 5.54 Å². The minimum absolute atomic E-state index is 0.113. The third-order valence-corrected chi connectivity index (χ3v) is 7.05. The summed E-state index contributed by atoms with van der Waals surface area (Å²) in [5.74, 6) is 1.17. The lowest BCUT2D eigenvalue weighted by molar-refractivity contribution is 0.246. The molecule has 1 fully saturated rings. The number of fused-ring (bicyclic) bond motifs is 4. The Labute approximate surface area is 173 Å². The second-order valence-electron chi connectivity index (χ2n) is 9.53. The molecule has 0 radical (unpaired) electrons. The van der Waals surface area contributed by atoms with Gasteiger partial charge in [-0.3, -0.25) is 4.99 Å². The first-order chi connectivity index (χ1) is 13.8. The Balaban J connectivity index is 1.76. The van der Waals surface area contributed by atoms with Crippen LogP contribution in [0.3, 0.4) is 0 Å². The van der Waals surface area contributed by atoms with Crippen molar-refractivity contribution >= 4 is 33.5 Å². The van der Waals surface area contributed by atoms with Crippen LogP contribution in [0, 0.1) is 20.8 Å². The maximum atomic E-state index is 5.02. The Kier molecular flexibility index (Phi) is 4.00. The Morgan fingerprint density at radius 1 is 0.966 bits per heavy atom. The number of benzene rings is 2. The lowest BCUT2D eigenvalue weighted by Crippen LogP contribution is -2.49. The molecule has 5 rings (SSSR count). The second kappa shape index (κ2) is 6.25. The average Bonchev–Trinajstić information content (AvgIpc) is 3.04. The molecule has 4 nitrogen and oxygen atoms in total. The van der Waals surface area contributed by atoms with Gasteiger partial charge in [-0.25, -0.2) is 0 Å². The Morgan fingerprint density at radius 2 is 1.72 bits per heavy atom. The first-order valence-corrected chi connectivity index (χ1v) is 10.9. The van der Waals surface area contributed by atoms with E-state index < -0.39 is 0 Å². The van der Waals surface area contributed by atoms with Crippen molar-refractivity contribution in [3.05, 3.63) is 41.0 Å². The van der Waals surface area contributed by atoms with Gasteiger partial charge in [0.25, 0.3) is 0 Å². The van der Waals surface area contributed by atoms with Crippen molar-refractivity contribution in [2.45, 2.75) is 53.0 Å². The van der Waals surface area contributed by atoms with Crippen molar-refractivity contribution in [3.8, 4) is 0 Å². The highest BCUT2D eigenvalue weighted by Crippen LogP contribution is 2.40. The van der Waals surface area contributed by atoms with Crippen LogP contribution in [-0.4, -0.2) is 40.6 Å². The molecular formula is C25H32N4. The van der Waals surface area contributed by atoms with Gasteiger partial charge in [0.1, 0.15) is 0 Å². The Bertz CT molecular complexity index is 1160. The van der Waals surface area contributed by atoms with Crippen LogP contribution in [0.5, 0.6) is 0 Å². The van der Waals surface area contributed by atoms with Crippen molar-refractivity contribution < 1.29 is 0 Å². The topological polar surface area (TPSA) is 23.8 Å². The van der Waals surface area contributed by atoms with Gasteiger partial charge < -0.3 is 14.4 Å². The Hall–Kier alpha value is -2.49. The van der Waals surface area contributed by atoms with Gasteiger partial charge in [0.15, 0.2) is 0 Å². The van der Waals surface area contributed by atoms with E-state index in [0.29, 0.717) is 0 Å². The third-order valence-electron chi connectivity index (χ3n) is 7.05. The van der Waals surface area contributed by atoms with E-state index in [4.69, 9.17) is 4.99 Å². The van der Waals surface area contributed by atoms with Crippen molar-refractivity contribution in [1.29, 1.82) is 0 Å². The zero-order valence-electron chi connectivity index (χ0n) is 18.6. The summed E-state index contributed by atoms with van der Waals surface area (Å²) in [5, 5.41) is 2.80. The zero-order chi connectivity index (χ0) is 20.5. The van der Waals surface area contributed by atoms with E-state index in [1.807, 2.05) is 0 Å². The molecule has 3 heterocycles. The number of anilines is 1. The Morgan fingerprint density at radius 3 is 2.52 bits per heavy atom. The van der Waals surface area contributed by atoms with E-state index in [9.17, 15) is 0 Å². The number of aryl methyl sites for hydroxylation is 4. The van der Waals surface area contributed by atoms with E-state index in [1.165, 1.54) is 63.0 Å². The van der Waals surface area contributed by atoms with Gasteiger partial charge in [-0.2, -0.15) is 0 Å². The predicted octanol–water partition coefficient (Wildman–Crippen LogP) is 5.31. The van der Waals surface area contributed by atoms with Gasteiger partial charge >= 0.3 is 0 Å². The average molecular weight is 389 g/mol. The zero-order valence-corrected chi connectivity index (χ0v) is 18.6. The van der Waals surface area contributed by atoms with Crippen LogP contribution in [0.4, 0.5) is 5.69 Å². The highest BCUT2D eigenvalue weighted by Gasteiger charge is 2.39. The molecule has 1 saturated heterocycles. The molecule has 3 aromatic rings. The van der Waals surface area contributed by atoms with Crippen LogP contribution in [0.1, 0.15) is 43.4 Å². The van der Waals surface area contributed by atoms with Gasteiger partial charge in [-0.15, -0.1) is 0 Å². The molecule has 0 amide bonds. The third kappa shape index (κ3) is 2.54. The molecule has 4 heteroatoms. The number of guanidine groups is 1. The normalized spacial score (nSPS) is 19.0. The van der Waals surface area contributed by atoms with Crippen LogP contribution < -0.4 is 4.90 Å². The molecule has 0 N–H and O–H groups in total. The van der Waals surface area contributed by atoms with E-state index in [1.54, 1.807) is 0 Å². The number of hydrogen-bond acceptors (Lipinski definition) is 3. The van der Waals surface area contributed by atoms with Gasteiger partial charge in [0.05, 0.1) is 17.6 Å². The molecule has 2 aliphatic heterocycles. The fourth-order valence-corrected chi connectivity index (χ4v) is 5.48. The van der Waals surface area contributed by atoms with Crippen LogP contribution in [0.25, 0.3) is 21.8 Å². The summed E-state index contributed by atoms with van der Waals surface area (Å²) in [6, 6.07) is 9.05. The smallest absolute Gasteiger partial charge is 0.201 e. The minimum Gasteiger partial charge on any atom is -0.343 e. The molecule has 0 unspecified atom stereocenters. The summed E-state index contributed by atoms with van der Waals surface area (Å²) in [6.45, 7) is 14.5. The molecule has 1 aromatic heterocycles. The fourth-order valence-electron chi connectivity index (χ4n) is 5.48. The number of hydrogen-bond donors (Lipinski definition) is 0. The van der Waals surface area contributed by atoms with Gasteiger partial charge in [-0.05, 0) is 76.3 Å². The van der Waals surface area contributed by atoms with Crippen molar-refractivity contribution in [3.63, 3.8) is 0 Å². The summed E-state index contributed by atoms with van der Waals surface area (Å²) in [6.07, 6.45) is 2.43. The summed E-state index contributed by atoms with van der Waals surface area (Å²) in [5.41, 5.74) is 8.18. The molecule has 0 bridgehead atoms. The summed E-state index contributed by atoms with van der Waals surface area (Å²) >= 11 is 0. The quantitative estimate of drug-likeness (QED) is 0.564. The van der Waals surface area contributed by atoms with Crippen molar-refractivity contribution in [2.24, 2.45) is 12.0 Å². The molecule has 29 heavy (non-hydrogen) atoms. The van der Waals surface area contributed by atoms with Gasteiger partial charge in [0, 0.05) is 42.1 Å². The highest BCUT2D eigenvalue weighted by atomic mass is 15.4. The van der Waals surface area contributed by atoms with Gasteiger partial charge in [0.2, 0.25) is 5.96 Å². The van der Waals surface area contributed by atoms with E-state index >= 15 is 0 Å². The maximum Gasteiger partial charge on any atom is 0.201 e. The first-order valence-electron chi connectivity index (χ1n) is 10.9. The van der Waals surface area contributed by atoms with E-state index in [2.05, 4.69) is 80.3 Å². The molecule has 0 saturated carbocycles. The van der Waals surface area contributed by atoms with Crippen LogP contribution >= 0.6 is 0 Å². The van der Waals surface area contributed by atoms with E-state index in [0.717, 1.165) is 19.6 Å². The maximum absolute atomic E-state index is 5.02. The fraction of sp³-hybridized carbons (Fsp3) is 0.480. The molecule has 2 aliphatic rings. The minimum atomic E-state index is 0.113. The van der Waals surface area contributed by atoms with Crippen molar-refractivity contribution in [1.82, 2.24) is 9.47 Å². The number of nitrogens with zero attached hydrogens (tertiary/aromatic N) is 4. The standard InChI is InChI=1S/C25H32N4/c1-16-10-9-11-19-21(16)22-17(2)14-20(18(3)23(22)27(19)6)28-12-7-8-13-29-24(28)26-15-25(29,4)5/h9-11,14H,7-8,12-13,15H2,1-6H3. The molecular weight excluding hydrogens is 356 g/mol. The SMILES string of the molecule is Cc1cccc2c1c1c(C)cc(N3CCCCN4C3=NCC4(C)C)c(C)c1n2C. The molecule has 0 atom stereocenters.